The third-order valence-electron chi connectivity index (χ3n) is 4.13. The van der Waals surface area contributed by atoms with Crippen molar-refractivity contribution in [3.63, 3.8) is 0 Å². The van der Waals surface area contributed by atoms with E-state index in [1.54, 1.807) is 6.92 Å². The Morgan fingerprint density at radius 3 is 2.77 bits per heavy atom. The summed E-state index contributed by atoms with van der Waals surface area (Å²) in [5.74, 6) is 0.281. The summed E-state index contributed by atoms with van der Waals surface area (Å²) in [5, 5.41) is 6.95. The van der Waals surface area contributed by atoms with Crippen LogP contribution in [0.3, 0.4) is 0 Å². The predicted octanol–water partition coefficient (Wildman–Crippen LogP) is 3.14. The second-order valence-electron chi connectivity index (χ2n) is 7.06. The van der Waals surface area contributed by atoms with Gasteiger partial charge in [-0.2, -0.15) is 0 Å². The van der Waals surface area contributed by atoms with Crippen LogP contribution in [0.1, 0.15) is 44.9 Å². The van der Waals surface area contributed by atoms with E-state index < -0.39 is 0 Å². The Morgan fingerprint density at radius 2 is 2.18 bits per heavy atom. The molecule has 1 fully saturated rings. The minimum atomic E-state index is -0.0635. The molecule has 2 atom stereocenters. The Hall–Kier alpha value is -1.07. The summed E-state index contributed by atoms with van der Waals surface area (Å²) in [6.07, 6.45) is 2.49. The number of carbonyl (C=O) groups is 1. The highest BCUT2D eigenvalue weighted by Crippen LogP contribution is 2.33. The zero-order valence-electron chi connectivity index (χ0n) is 13.7. The number of nitrogens with one attached hydrogen (secondary N) is 1. The second-order valence-corrected chi connectivity index (χ2v) is 7.40. The monoisotopic (exact) mass is 328 g/mol. The summed E-state index contributed by atoms with van der Waals surface area (Å²) in [6, 6.07) is 0. The number of aryl methyl sites for hydroxylation is 1. The first-order chi connectivity index (χ1) is 10.3. The molecule has 6 heteroatoms. The number of hydrogen-bond donors (Lipinski definition) is 1. The van der Waals surface area contributed by atoms with Gasteiger partial charge in [-0.05, 0) is 36.8 Å². The summed E-state index contributed by atoms with van der Waals surface area (Å²) >= 11 is 5.89. The van der Waals surface area contributed by atoms with Gasteiger partial charge in [0.05, 0.1) is 18.2 Å². The van der Waals surface area contributed by atoms with Gasteiger partial charge in [0.2, 0.25) is 11.1 Å². The van der Waals surface area contributed by atoms with E-state index in [0.717, 1.165) is 19.4 Å². The standard InChI is InChI=1S/C16H25ClN2O3/c1-10-12(15(17)22-19-10)8-13(20)18-9-11-6-5-7-21-14(11)16(2,3)4/h11,14H,5-9H2,1-4H3,(H,18,20)/t11-,14-/m0/s1. The molecule has 1 amide bonds. The molecule has 124 valence electrons. The molecule has 5 nitrogen and oxygen atoms in total. The molecule has 1 saturated heterocycles. The van der Waals surface area contributed by atoms with Crippen LogP contribution in [0.5, 0.6) is 0 Å². The third-order valence-corrected chi connectivity index (χ3v) is 4.43. The van der Waals surface area contributed by atoms with E-state index in [2.05, 4.69) is 31.2 Å². The van der Waals surface area contributed by atoms with Crippen molar-refractivity contribution < 1.29 is 14.1 Å². The highest BCUT2D eigenvalue weighted by atomic mass is 35.5. The summed E-state index contributed by atoms with van der Waals surface area (Å²) in [4.78, 5) is 12.1. The van der Waals surface area contributed by atoms with Gasteiger partial charge in [-0.1, -0.05) is 25.9 Å². The van der Waals surface area contributed by atoms with Crippen LogP contribution in [0.25, 0.3) is 0 Å². The Balaban J connectivity index is 1.90. The molecule has 1 aromatic rings. The van der Waals surface area contributed by atoms with Gasteiger partial charge in [0, 0.05) is 24.6 Å². The molecule has 1 N–H and O–H groups in total. The zero-order chi connectivity index (χ0) is 16.3. The molecule has 1 aliphatic heterocycles. The largest absolute Gasteiger partial charge is 0.377 e. The molecule has 1 aliphatic rings. The Bertz CT molecular complexity index is 502. The van der Waals surface area contributed by atoms with Crippen LogP contribution in [-0.4, -0.2) is 30.3 Å². The minimum Gasteiger partial charge on any atom is -0.377 e. The van der Waals surface area contributed by atoms with Crippen molar-refractivity contribution in [1.82, 2.24) is 10.5 Å². The van der Waals surface area contributed by atoms with Gasteiger partial charge < -0.3 is 14.6 Å². The van der Waals surface area contributed by atoms with Crippen molar-refractivity contribution in [3.05, 3.63) is 16.5 Å². The first-order valence-electron chi connectivity index (χ1n) is 7.78. The molecular weight excluding hydrogens is 304 g/mol. The van der Waals surface area contributed by atoms with Crippen molar-refractivity contribution >= 4 is 17.5 Å². The van der Waals surface area contributed by atoms with E-state index in [4.69, 9.17) is 20.9 Å². The van der Waals surface area contributed by atoms with Gasteiger partial charge in [0.1, 0.15) is 0 Å². The van der Waals surface area contributed by atoms with Gasteiger partial charge >= 0.3 is 0 Å². The maximum absolute atomic E-state index is 12.1. The smallest absolute Gasteiger partial charge is 0.229 e. The van der Waals surface area contributed by atoms with Crippen LogP contribution < -0.4 is 5.32 Å². The molecule has 0 bridgehead atoms. The average Bonchev–Trinajstić information content (AvgIpc) is 2.76. The van der Waals surface area contributed by atoms with Crippen LogP contribution in [-0.2, 0) is 16.0 Å². The number of ether oxygens (including phenoxy) is 1. The average molecular weight is 329 g/mol. The van der Waals surface area contributed by atoms with Crippen molar-refractivity contribution in [2.24, 2.45) is 11.3 Å². The first-order valence-corrected chi connectivity index (χ1v) is 8.15. The predicted molar refractivity (Wildman–Crippen MR) is 84.9 cm³/mol. The number of halogens is 1. The number of carbonyl (C=O) groups excluding carboxylic acids is 1. The molecule has 0 saturated carbocycles. The number of hydrogen-bond acceptors (Lipinski definition) is 4. The van der Waals surface area contributed by atoms with Crippen LogP contribution in [0, 0.1) is 18.3 Å². The van der Waals surface area contributed by atoms with Crippen molar-refractivity contribution in [3.8, 4) is 0 Å². The molecule has 0 aliphatic carbocycles. The molecule has 22 heavy (non-hydrogen) atoms. The highest BCUT2D eigenvalue weighted by molar-refractivity contribution is 6.29. The molecule has 0 unspecified atom stereocenters. The van der Waals surface area contributed by atoms with Crippen LogP contribution >= 0.6 is 11.6 Å². The van der Waals surface area contributed by atoms with Crippen molar-refractivity contribution in [1.29, 1.82) is 0 Å². The van der Waals surface area contributed by atoms with Crippen molar-refractivity contribution in [2.45, 2.75) is 53.1 Å². The van der Waals surface area contributed by atoms with Gasteiger partial charge in [-0.25, -0.2) is 0 Å². The van der Waals surface area contributed by atoms with E-state index in [0.29, 0.717) is 23.7 Å². The summed E-state index contributed by atoms with van der Waals surface area (Å²) in [5.41, 5.74) is 1.39. The van der Waals surface area contributed by atoms with Crippen molar-refractivity contribution in [2.75, 3.05) is 13.2 Å². The number of aromatic nitrogens is 1. The fourth-order valence-electron chi connectivity index (χ4n) is 3.04. The summed E-state index contributed by atoms with van der Waals surface area (Å²) < 4.78 is 10.8. The van der Waals surface area contributed by atoms with E-state index >= 15 is 0 Å². The van der Waals surface area contributed by atoms with Gasteiger partial charge in [-0.3, -0.25) is 4.79 Å². The van der Waals surface area contributed by atoms with Gasteiger partial charge in [0.15, 0.2) is 0 Å². The van der Waals surface area contributed by atoms with E-state index in [-0.39, 0.29) is 29.1 Å². The molecule has 1 aromatic heterocycles. The topological polar surface area (TPSA) is 64.4 Å². The quantitative estimate of drug-likeness (QED) is 0.922. The highest BCUT2D eigenvalue weighted by Gasteiger charge is 2.35. The van der Waals surface area contributed by atoms with E-state index in [1.165, 1.54) is 0 Å². The number of amides is 1. The number of nitrogens with zero attached hydrogens (tertiary/aromatic N) is 1. The maximum atomic E-state index is 12.1. The normalized spacial score (nSPS) is 22.6. The summed E-state index contributed by atoms with van der Waals surface area (Å²) in [7, 11) is 0. The van der Waals surface area contributed by atoms with Crippen LogP contribution in [0.15, 0.2) is 4.52 Å². The van der Waals surface area contributed by atoms with Crippen LogP contribution in [0.2, 0.25) is 5.22 Å². The summed E-state index contributed by atoms with van der Waals surface area (Å²) in [6.45, 7) is 9.75. The Kier molecular flexibility index (Phi) is 5.50. The first kappa shape index (κ1) is 17.3. The Morgan fingerprint density at radius 1 is 1.45 bits per heavy atom. The molecule has 2 rings (SSSR count). The fourth-order valence-corrected chi connectivity index (χ4v) is 3.27. The molecule has 0 spiro atoms. The second kappa shape index (κ2) is 7.01. The number of rotatable bonds is 4. The van der Waals surface area contributed by atoms with Gasteiger partial charge in [0.25, 0.3) is 0 Å². The van der Waals surface area contributed by atoms with Crippen LogP contribution in [0.4, 0.5) is 0 Å². The molecule has 0 radical (unpaired) electrons. The minimum absolute atomic E-state index is 0.0635. The lowest BCUT2D eigenvalue weighted by Crippen LogP contribution is -2.45. The van der Waals surface area contributed by atoms with Gasteiger partial charge in [-0.15, -0.1) is 0 Å². The molecule has 2 heterocycles. The lowest BCUT2D eigenvalue weighted by molar-refractivity contribution is -0.122. The lowest BCUT2D eigenvalue weighted by atomic mass is 9.78. The molecular formula is C16H25ClN2O3. The lowest BCUT2D eigenvalue weighted by Gasteiger charge is -2.40. The Labute approximate surface area is 136 Å². The van der Waals surface area contributed by atoms with E-state index in [1.807, 2.05) is 0 Å². The zero-order valence-corrected chi connectivity index (χ0v) is 14.5. The maximum Gasteiger partial charge on any atom is 0.229 e. The third kappa shape index (κ3) is 4.23. The fraction of sp³-hybridized carbons (Fsp3) is 0.750. The SMILES string of the molecule is Cc1noc(Cl)c1CC(=O)NC[C@@H]1CCCO[C@@H]1C(C)(C)C. The van der Waals surface area contributed by atoms with E-state index in [9.17, 15) is 4.79 Å². The molecule has 0 aromatic carbocycles.